The van der Waals surface area contributed by atoms with Crippen molar-refractivity contribution in [2.45, 2.75) is 6.54 Å². The van der Waals surface area contributed by atoms with E-state index in [0.717, 1.165) is 10.6 Å². The molecule has 3 aromatic rings. The number of nitrogens with one attached hydrogen (secondary N) is 1. The number of aromatic nitrogens is 4. The van der Waals surface area contributed by atoms with Crippen molar-refractivity contribution in [1.82, 2.24) is 19.9 Å². The minimum atomic E-state index is -1.21. The first-order valence-corrected chi connectivity index (χ1v) is 6.59. The lowest BCUT2D eigenvalue weighted by Gasteiger charge is -2.05. The maximum Gasteiger partial charge on any atom is 0.415 e. The molecule has 0 spiro atoms. The van der Waals surface area contributed by atoms with Gasteiger partial charge in [-0.1, -0.05) is 6.07 Å². The highest BCUT2D eigenvalue weighted by molar-refractivity contribution is 5.88. The fraction of sp³-hybridized carbons (Fsp3) is 0.154. The Bertz CT molecular complexity index is 849. The van der Waals surface area contributed by atoms with Crippen molar-refractivity contribution in [2.24, 2.45) is 0 Å². The molecule has 23 heavy (non-hydrogen) atoms. The van der Waals surface area contributed by atoms with Gasteiger partial charge in [0.25, 0.3) is 5.71 Å². The lowest BCUT2D eigenvalue weighted by atomic mass is 10.3. The molecule has 0 aromatic carbocycles. The highest BCUT2D eigenvalue weighted by atomic mass is 16.4. The Kier molecular flexibility index (Phi) is 3.63. The van der Waals surface area contributed by atoms with Crippen LogP contribution in [0.4, 0.5) is 22.6 Å². The smallest absolute Gasteiger partial charge is 0.415 e. The number of carbonyl (C=O) groups is 1. The summed E-state index contributed by atoms with van der Waals surface area (Å²) in [7, 11) is 1.31. The largest absolute Gasteiger partial charge is 0.465 e. The average molecular weight is 315 g/mol. The van der Waals surface area contributed by atoms with Gasteiger partial charge in [0.05, 0.1) is 12.2 Å². The molecule has 0 radical (unpaired) electrons. The van der Waals surface area contributed by atoms with Crippen LogP contribution in [-0.4, -0.2) is 38.2 Å². The summed E-state index contributed by atoms with van der Waals surface area (Å²) in [6.07, 6.45) is 0.470. The number of nitrogens with two attached hydrogens (primary N) is 1. The molecule has 0 bridgehead atoms. The monoisotopic (exact) mass is 315 g/mol. The quantitative estimate of drug-likeness (QED) is 0.649. The van der Waals surface area contributed by atoms with Gasteiger partial charge in [-0.2, -0.15) is 15.0 Å². The molecule has 3 rings (SSSR count). The SMILES string of the molecule is CN(C(=O)O)c1nc2c(NCc3ccccn3)nc(N)nc2o1. The first-order chi connectivity index (χ1) is 11.0. The number of oxazole rings is 1. The van der Waals surface area contributed by atoms with Crippen LogP contribution in [0.1, 0.15) is 5.69 Å². The number of hydrogen-bond acceptors (Lipinski definition) is 8. The Morgan fingerprint density at radius 1 is 1.39 bits per heavy atom. The van der Waals surface area contributed by atoms with Gasteiger partial charge in [-0.05, 0) is 12.1 Å². The molecule has 0 atom stereocenters. The number of rotatable bonds is 4. The van der Waals surface area contributed by atoms with Crippen LogP contribution in [-0.2, 0) is 6.54 Å². The third-order valence-corrected chi connectivity index (χ3v) is 3.00. The van der Waals surface area contributed by atoms with Gasteiger partial charge in [-0.25, -0.2) is 9.69 Å². The average Bonchev–Trinajstić information content (AvgIpc) is 2.96. The molecule has 1 amide bonds. The first kappa shape index (κ1) is 14.5. The zero-order chi connectivity index (χ0) is 16.4. The zero-order valence-corrected chi connectivity index (χ0v) is 12.1. The molecule has 118 valence electrons. The molecule has 0 fully saturated rings. The minimum absolute atomic E-state index is 0.0123. The van der Waals surface area contributed by atoms with E-state index in [1.54, 1.807) is 6.20 Å². The van der Waals surface area contributed by atoms with E-state index < -0.39 is 6.09 Å². The summed E-state index contributed by atoms with van der Waals surface area (Å²) in [6.45, 7) is 0.392. The van der Waals surface area contributed by atoms with Gasteiger partial charge in [0, 0.05) is 13.2 Å². The number of pyridine rings is 1. The number of fused-ring (bicyclic) bond motifs is 1. The minimum Gasteiger partial charge on any atom is -0.465 e. The van der Waals surface area contributed by atoms with Crippen molar-refractivity contribution in [3.8, 4) is 0 Å². The second-order valence-electron chi connectivity index (χ2n) is 4.60. The third-order valence-electron chi connectivity index (χ3n) is 3.00. The lowest BCUT2D eigenvalue weighted by Crippen LogP contribution is -2.23. The van der Waals surface area contributed by atoms with Crippen molar-refractivity contribution in [2.75, 3.05) is 23.0 Å². The summed E-state index contributed by atoms with van der Waals surface area (Å²) in [5, 5.41) is 12.0. The Hall–Kier alpha value is -3.43. The molecule has 10 heteroatoms. The second kappa shape index (κ2) is 5.75. The number of anilines is 3. The van der Waals surface area contributed by atoms with Crippen LogP contribution in [0.5, 0.6) is 0 Å². The highest BCUT2D eigenvalue weighted by Crippen LogP contribution is 2.25. The van der Waals surface area contributed by atoms with Gasteiger partial charge in [0.2, 0.25) is 5.95 Å². The van der Waals surface area contributed by atoms with Crippen molar-refractivity contribution in [1.29, 1.82) is 0 Å². The van der Waals surface area contributed by atoms with E-state index in [4.69, 9.17) is 15.3 Å². The van der Waals surface area contributed by atoms with Crippen molar-refractivity contribution in [3.63, 3.8) is 0 Å². The van der Waals surface area contributed by atoms with Gasteiger partial charge >= 0.3 is 12.1 Å². The van der Waals surface area contributed by atoms with Crippen LogP contribution >= 0.6 is 0 Å². The molecule has 0 saturated heterocycles. The molecular formula is C13H13N7O3. The van der Waals surface area contributed by atoms with E-state index in [1.165, 1.54) is 7.05 Å². The van der Waals surface area contributed by atoms with Crippen molar-refractivity contribution < 1.29 is 14.3 Å². The predicted molar refractivity (Wildman–Crippen MR) is 82.0 cm³/mol. The third kappa shape index (κ3) is 2.95. The standard InChI is InChI=1S/C13H13N7O3/c1-20(13(21)22)12-17-8-9(18-11(14)19-10(8)23-12)16-6-7-4-2-3-5-15-7/h2-5H,6H2,1H3,(H,21,22)(H3,14,16,18,19). The van der Waals surface area contributed by atoms with Gasteiger partial charge in [-0.15, -0.1) is 0 Å². The molecule has 3 aromatic heterocycles. The summed E-state index contributed by atoms with van der Waals surface area (Å²) in [5.74, 6) is 0.327. The number of amides is 1. The van der Waals surface area contributed by atoms with E-state index in [-0.39, 0.29) is 17.7 Å². The number of carboxylic acid groups (broad SMARTS) is 1. The molecule has 4 N–H and O–H groups in total. The number of nitrogens with zero attached hydrogens (tertiary/aromatic N) is 5. The normalized spacial score (nSPS) is 10.7. The highest BCUT2D eigenvalue weighted by Gasteiger charge is 2.19. The number of nitrogen functional groups attached to an aromatic ring is 1. The summed E-state index contributed by atoms with van der Waals surface area (Å²) in [4.78, 5) is 28.1. The molecule has 0 saturated carbocycles. The van der Waals surface area contributed by atoms with E-state index in [2.05, 4.69) is 25.3 Å². The fourth-order valence-electron chi connectivity index (χ4n) is 1.85. The van der Waals surface area contributed by atoms with Crippen LogP contribution in [0.3, 0.4) is 0 Å². The molecule has 0 aliphatic heterocycles. The van der Waals surface area contributed by atoms with E-state index in [1.807, 2.05) is 18.2 Å². The van der Waals surface area contributed by atoms with E-state index >= 15 is 0 Å². The van der Waals surface area contributed by atoms with Crippen LogP contribution < -0.4 is 16.0 Å². The molecule has 0 aliphatic carbocycles. The first-order valence-electron chi connectivity index (χ1n) is 6.59. The maximum atomic E-state index is 11.0. The Balaban J connectivity index is 1.94. The summed E-state index contributed by atoms with van der Waals surface area (Å²) in [6, 6.07) is 5.41. The fourth-order valence-corrected chi connectivity index (χ4v) is 1.85. The molecule has 3 heterocycles. The van der Waals surface area contributed by atoms with Crippen molar-refractivity contribution in [3.05, 3.63) is 30.1 Å². The maximum absolute atomic E-state index is 11.0. The van der Waals surface area contributed by atoms with E-state index in [9.17, 15) is 4.79 Å². The number of hydrogen-bond donors (Lipinski definition) is 3. The Morgan fingerprint density at radius 3 is 2.91 bits per heavy atom. The van der Waals surface area contributed by atoms with Crippen molar-refractivity contribution >= 4 is 35.1 Å². The predicted octanol–water partition coefficient (Wildman–Crippen LogP) is 1.32. The topological polar surface area (TPSA) is 143 Å². The molecular weight excluding hydrogens is 302 g/mol. The Morgan fingerprint density at radius 2 is 2.22 bits per heavy atom. The molecule has 0 aliphatic rings. The van der Waals surface area contributed by atoms with Crippen LogP contribution in [0.15, 0.2) is 28.8 Å². The lowest BCUT2D eigenvalue weighted by molar-refractivity contribution is 0.202. The second-order valence-corrected chi connectivity index (χ2v) is 4.60. The summed E-state index contributed by atoms with van der Waals surface area (Å²) in [5.41, 5.74) is 6.83. The van der Waals surface area contributed by atoms with Crippen LogP contribution in [0.25, 0.3) is 11.2 Å². The van der Waals surface area contributed by atoms with E-state index in [0.29, 0.717) is 17.9 Å². The molecule has 10 nitrogen and oxygen atoms in total. The van der Waals surface area contributed by atoms with Gasteiger partial charge < -0.3 is 20.6 Å². The van der Waals surface area contributed by atoms with Gasteiger partial charge in [0.15, 0.2) is 11.3 Å². The molecule has 0 unspecified atom stereocenters. The Labute approximate surface area is 130 Å². The van der Waals surface area contributed by atoms with Gasteiger partial charge in [0.1, 0.15) is 0 Å². The zero-order valence-electron chi connectivity index (χ0n) is 12.1. The van der Waals surface area contributed by atoms with Crippen LogP contribution in [0, 0.1) is 0 Å². The van der Waals surface area contributed by atoms with Gasteiger partial charge in [-0.3, -0.25) is 4.98 Å². The summed E-state index contributed by atoms with van der Waals surface area (Å²) >= 11 is 0. The van der Waals surface area contributed by atoms with Crippen LogP contribution in [0.2, 0.25) is 0 Å². The summed E-state index contributed by atoms with van der Waals surface area (Å²) < 4.78 is 5.31.